The molecule has 0 saturated carbocycles. The summed E-state index contributed by atoms with van der Waals surface area (Å²) in [5.41, 5.74) is -0.513. The lowest BCUT2D eigenvalue weighted by Crippen LogP contribution is -2.38. The van der Waals surface area contributed by atoms with Crippen LogP contribution in [0.2, 0.25) is 0 Å². The van der Waals surface area contributed by atoms with Crippen LogP contribution in [0.15, 0.2) is 42.5 Å². The lowest BCUT2D eigenvalue weighted by atomic mass is 10.2. The fourth-order valence-corrected chi connectivity index (χ4v) is 2.64. The Hall–Kier alpha value is -3.43. The molecule has 2 amide bonds. The molecule has 0 bridgehead atoms. The molecule has 0 unspecified atom stereocenters. The highest BCUT2D eigenvalue weighted by atomic mass is 19.4. The molecule has 2 N–H and O–H groups in total. The van der Waals surface area contributed by atoms with Gasteiger partial charge in [-0.25, -0.2) is 0 Å². The Morgan fingerprint density at radius 2 is 1.62 bits per heavy atom. The van der Waals surface area contributed by atoms with Gasteiger partial charge in [0.05, 0.1) is 31.9 Å². The molecular weight excluding hydrogens is 429 g/mol. The number of carbonyl (C=O) groups excluding carboxylic acids is 2. The van der Waals surface area contributed by atoms with Gasteiger partial charge in [0.25, 0.3) is 5.91 Å². The van der Waals surface area contributed by atoms with Gasteiger partial charge >= 0.3 is 6.18 Å². The van der Waals surface area contributed by atoms with Crippen molar-refractivity contribution >= 4 is 11.8 Å². The smallest absolute Gasteiger partial charge is 0.416 e. The van der Waals surface area contributed by atoms with Crippen molar-refractivity contribution in [2.75, 3.05) is 32.9 Å². The fourth-order valence-electron chi connectivity index (χ4n) is 2.64. The summed E-state index contributed by atoms with van der Waals surface area (Å²) in [5, 5.41) is 5.01. The molecule has 0 aliphatic rings. The minimum Gasteiger partial charge on any atom is -0.492 e. The Kier molecular flexibility index (Phi) is 9.18. The van der Waals surface area contributed by atoms with Crippen LogP contribution in [-0.2, 0) is 11.0 Å². The number of amides is 2. The Balaban J connectivity index is 1.77. The van der Waals surface area contributed by atoms with Crippen molar-refractivity contribution in [3.63, 3.8) is 0 Å². The van der Waals surface area contributed by atoms with E-state index in [-0.39, 0.29) is 25.4 Å². The molecule has 0 atom stereocenters. The van der Waals surface area contributed by atoms with E-state index in [4.69, 9.17) is 14.2 Å². The predicted molar refractivity (Wildman–Crippen MR) is 111 cm³/mol. The first kappa shape index (κ1) is 24.8. The van der Waals surface area contributed by atoms with Crippen LogP contribution >= 0.6 is 0 Å². The molecule has 0 aliphatic heterocycles. The first-order valence-electron chi connectivity index (χ1n) is 9.99. The maximum Gasteiger partial charge on any atom is 0.416 e. The van der Waals surface area contributed by atoms with Crippen LogP contribution in [0, 0.1) is 0 Å². The monoisotopic (exact) mass is 454 g/mol. The first-order valence-corrected chi connectivity index (χ1v) is 9.99. The van der Waals surface area contributed by atoms with Gasteiger partial charge in [0.15, 0.2) is 11.5 Å². The van der Waals surface area contributed by atoms with Crippen molar-refractivity contribution in [1.29, 1.82) is 0 Å². The molecule has 7 nitrogen and oxygen atoms in total. The van der Waals surface area contributed by atoms with E-state index in [2.05, 4.69) is 10.6 Å². The molecular formula is C22H25F3N2O5. The number of rotatable bonds is 11. The Bertz CT molecular complexity index is 919. The summed E-state index contributed by atoms with van der Waals surface area (Å²) >= 11 is 0. The van der Waals surface area contributed by atoms with Gasteiger partial charge in [0, 0.05) is 5.56 Å². The van der Waals surface area contributed by atoms with Crippen LogP contribution in [0.3, 0.4) is 0 Å². The second kappa shape index (κ2) is 11.8. The van der Waals surface area contributed by atoms with Gasteiger partial charge in [-0.15, -0.1) is 0 Å². The average Bonchev–Trinajstić information content (AvgIpc) is 2.76. The quantitative estimate of drug-likeness (QED) is 0.508. The summed E-state index contributed by atoms with van der Waals surface area (Å²) in [6.45, 7) is 4.24. The van der Waals surface area contributed by atoms with E-state index in [1.807, 2.05) is 13.8 Å². The van der Waals surface area contributed by atoms with Crippen molar-refractivity contribution < 1.29 is 37.0 Å². The maximum atomic E-state index is 12.7. The second-order valence-electron chi connectivity index (χ2n) is 6.43. The van der Waals surface area contributed by atoms with E-state index in [1.54, 1.807) is 12.1 Å². The first-order chi connectivity index (χ1) is 15.2. The standard InChI is InChI=1S/C22H25F3N2O5/c1-3-30-18-9-8-15(12-19(18)31-4-2)21(29)27-14-20(28)26-10-11-32-17-7-5-6-16(13-17)22(23,24)25/h5-9,12-13H,3-4,10-11,14H2,1-2H3,(H,26,28)(H,27,29). The number of hydrogen-bond donors (Lipinski definition) is 2. The average molecular weight is 454 g/mol. The topological polar surface area (TPSA) is 85.9 Å². The third kappa shape index (κ3) is 7.68. The van der Waals surface area contributed by atoms with Crippen molar-refractivity contribution in [3.8, 4) is 17.2 Å². The SMILES string of the molecule is CCOc1ccc(C(=O)NCC(=O)NCCOc2cccc(C(F)(F)F)c2)cc1OCC. The Morgan fingerprint density at radius 1 is 0.906 bits per heavy atom. The van der Waals surface area contributed by atoms with E-state index < -0.39 is 23.6 Å². The van der Waals surface area contributed by atoms with Gasteiger partial charge in [0.2, 0.25) is 5.91 Å². The summed E-state index contributed by atoms with van der Waals surface area (Å²) in [5.74, 6) is 0.0527. The van der Waals surface area contributed by atoms with E-state index in [9.17, 15) is 22.8 Å². The summed E-state index contributed by atoms with van der Waals surface area (Å²) in [6.07, 6.45) is -4.46. The highest BCUT2D eigenvalue weighted by Gasteiger charge is 2.30. The summed E-state index contributed by atoms with van der Waals surface area (Å²) in [6, 6.07) is 9.17. The van der Waals surface area contributed by atoms with Crippen LogP contribution in [-0.4, -0.2) is 44.7 Å². The minimum absolute atomic E-state index is 0.0302. The van der Waals surface area contributed by atoms with Crippen LogP contribution in [0.1, 0.15) is 29.8 Å². The molecule has 0 aromatic heterocycles. The van der Waals surface area contributed by atoms with Crippen molar-refractivity contribution in [2.45, 2.75) is 20.0 Å². The summed E-state index contributed by atoms with van der Waals surface area (Å²) in [4.78, 5) is 24.2. The lowest BCUT2D eigenvalue weighted by molar-refractivity contribution is -0.137. The third-order valence-corrected chi connectivity index (χ3v) is 4.07. The second-order valence-corrected chi connectivity index (χ2v) is 6.43. The Morgan fingerprint density at radius 3 is 2.31 bits per heavy atom. The van der Waals surface area contributed by atoms with Crippen LogP contribution < -0.4 is 24.8 Å². The van der Waals surface area contributed by atoms with Gasteiger partial charge in [-0.1, -0.05) is 6.07 Å². The molecule has 2 rings (SSSR count). The molecule has 0 aliphatic carbocycles. The van der Waals surface area contributed by atoms with E-state index in [1.165, 1.54) is 18.2 Å². The predicted octanol–water partition coefficient (Wildman–Crippen LogP) is 3.43. The molecule has 10 heteroatoms. The Labute approximate surface area is 183 Å². The zero-order chi connectivity index (χ0) is 23.6. The van der Waals surface area contributed by atoms with E-state index in [0.717, 1.165) is 12.1 Å². The van der Waals surface area contributed by atoms with Crippen LogP contribution in [0.25, 0.3) is 0 Å². The summed E-state index contributed by atoms with van der Waals surface area (Å²) in [7, 11) is 0. The van der Waals surface area contributed by atoms with Gasteiger partial charge in [0.1, 0.15) is 12.4 Å². The molecule has 0 fully saturated rings. The molecule has 0 radical (unpaired) electrons. The molecule has 2 aromatic carbocycles. The number of carbonyl (C=O) groups is 2. The maximum absolute atomic E-state index is 12.7. The van der Waals surface area contributed by atoms with E-state index >= 15 is 0 Å². The highest BCUT2D eigenvalue weighted by Crippen LogP contribution is 2.31. The number of nitrogens with one attached hydrogen (secondary N) is 2. The molecule has 0 saturated heterocycles. The number of halogens is 3. The zero-order valence-electron chi connectivity index (χ0n) is 17.8. The van der Waals surface area contributed by atoms with Gasteiger partial charge < -0.3 is 24.8 Å². The molecule has 2 aromatic rings. The number of benzene rings is 2. The zero-order valence-corrected chi connectivity index (χ0v) is 17.8. The molecule has 174 valence electrons. The van der Waals surface area contributed by atoms with Crippen molar-refractivity contribution in [3.05, 3.63) is 53.6 Å². The van der Waals surface area contributed by atoms with Crippen LogP contribution in [0.4, 0.5) is 13.2 Å². The fraction of sp³-hybridized carbons (Fsp3) is 0.364. The van der Waals surface area contributed by atoms with Gasteiger partial charge in [-0.05, 0) is 50.2 Å². The number of hydrogen-bond acceptors (Lipinski definition) is 5. The van der Waals surface area contributed by atoms with Crippen molar-refractivity contribution in [2.24, 2.45) is 0 Å². The van der Waals surface area contributed by atoms with Gasteiger partial charge in [-0.2, -0.15) is 13.2 Å². The molecule has 0 spiro atoms. The molecule has 32 heavy (non-hydrogen) atoms. The van der Waals surface area contributed by atoms with E-state index in [0.29, 0.717) is 30.3 Å². The normalized spacial score (nSPS) is 10.9. The third-order valence-electron chi connectivity index (χ3n) is 4.07. The van der Waals surface area contributed by atoms with Crippen molar-refractivity contribution in [1.82, 2.24) is 10.6 Å². The lowest BCUT2D eigenvalue weighted by Gasteiger charge is -2.13. The number of ether oxygens (including phenoxy) is 3. The van der Waals surface area contributed by atoms with Gasteiger partial charge in [-0.3, -0.25) is 9.59 Å². The largest absolute Gasteiger partial charge is 0.492 e. The molecule has 0 heterocycles. The summed E-state index contributed by atoms with van der Waals surface area (Å²) < 4.78 is 54.2. The minimum atomic E-state index is -4.46. The van der Waals surface area contributed by atoms with Crippen LogP contribution in [0.5, 0.6) is 17.2 Å². The highest BCUT2D eigenvalue weighted by molar-refractivity contribution is 5.97. The number of alkyl halides is 3.